The lowest BCUT2D eigenvalue weighted by Crippen LogP contribution is -2.30. The van der Waals surface area contributed by atoms with Crippen LogP contribution in [-0.4, -0.2) is 33.2 Å². The van der Waals surface area contributed by atoms with Gasteiger partial charge in [0.25, 0.3) is 0 Å². The second-order valence-electron chi connectivity index (χ2n) is 7.43. The first-order valence-electron chi connectivity index (χ1n) is 10.2. The number of anilines is 1. The highest BCUT2D eigenvalue weighted by Crippen LogP contribution is 2.35. The van der Waals surface area contributed by atoms with Gasteiger partial charge in [0, 0.05) is 24.7 Å². The molecule has 0 unspecified atom stereocenters. The average Bonchev–Trinajstić information content (AvgIpc) is 3.27. The SMILES string of the molecule is O=C(CSc1ncnc2nc(N3CCc4ccccc4C3)sc12)NCc1ccccc1Cl. The van der Waals surface area contributed by atoms with E-state index in [0.717, 1.165) is 39.9 Å². The van der Waals surface area contributed by atoms with Gasteiger partial charge in [0.2, 0.25) is 5.91 Å². The third-order valence-corrected chi connectivity index (χ3v) is 7.92. The van der Waals surface area contributed by atoms with Crippen LogP contribution in [0.1, 0.15) is 16.7 Å². The molecule has 9 heteroatoms. The summed E-state index contributed by atoms with van der Waals surface area (Å²) in [5.74, 6) is 0.194. The summed E-state index contributed by atoms with van der Waals surface area (Å²) < 4.78 is 0.922. The van der Waals surface area contributed by atoms with Crippen LogP contribution >= 0.6 is 34.7 Å². The highest BCUT2D eigenvalue weighted by molar-refractivity contribution is 8.00. The van der Waals surface area contributed by atoms with Crippen molar-refractivity contribution in [3.05, 3.63) is 76.6 Å². The molecule has 162 valence electrons. The lowest BCUT2D eigenvalue weighted by Gasteiger charge is -2.28. The second kappa shape index (κ2) is 9.44. The molecular weight excluding hydrogens is 462 g/mol. The summed E-state index contributed by atoms with van der Waals surface area (Å²) in [5.41, 5.74) is 4.32. The fourth-order valence-corrected chi connectivity index (χ4v) is 5.79. The Morgan fingerprint density at radius 1 is 1.12 bits per heavy atom. The monoisotopic (exact) mass is 481 g/mol. The van der Waals surface area contributed by atoms with Crippen LogP contribution in [0.5, 0.6) is 0 Å². The van der Waals surface area contributed by atoms with Gasteiger partial charge in [-0.05, 0) is 29.2 Å². The smallest absolute Gasteiger partial charge is 0.230 e. The zero-order valence-electron chi connectivity index (χ0n) is 17.1. The molecule has 32 heavy (non-hydrogen) atoms. The van der Waals surface area contributed by atoms with Crippen LogP contribution in [0.2, 0.25) is 5.02 Å². The van der Waals surface area contributed by atoms with Crippen molar-refractivity contribution in [2.75, 3.05) is 17.2 Å². The number of thioether (sulfide) groups is 1. The van der Waals surface area contributed by atoms with Crippen LogP contribution in [0.25, 0.3) is 10.3 Å². The van der Waals surface area contributed by atoms with Gasteiger partial charge in [-0.1, -0.05) is 77.2 Å². The fourth-order valence-electron chi connectivity index (χ4n) is 3.64. The van der Waals surface area contributed by atoms with Gasteiger partial charge < -0.3 is 10.2 Å². The van der Waals surface area contributed by atoms with Crippen LogP contribution < -0.4 is 10.2 Å². The fraction of sp³-hybridized carbons (Fsp3) is 0.217. The number of carbonyl (C=O) groups excluding carboxylic acids is 1. The Hall–Kier alpha value is -2.68. The molecule has 0 aliphatic carbocycles. The minimum atomic E-state index is -0.0703. The molecule has 1 N–H and O–H groups in total. The second-order valence-corrected chi connectivity index (χ2v) is 9.77. The molecule has 4 aromatic rings. The van der Waals surface area contributed by atoms with Crippen LogP contribution in [-0.2, 0) is 24.3 Å². The van der Waals surface area contributed by atoms with E-state index < -0.39 is 0 Å². The Morgan fingerprint density at radius 3 is 2.81 bits per heavy atom. The number of nitrogens with zero attached hydrogens (tertiary/aromatic N) is 4. The first-order valence-corrected chi connectivity index (χ1v) is 12.4. The molecule has 0 atom stereocenters. The predicted octanol–water partition coefficient (Wildman–Crippen LogP) is 4.71. The standard InChI is InChI=1S/C23H20ClN5OS2/c24-18-8-4-3-6-16(18)11-25-19(30)13-31-22-20-21(26-14-27-22)28-23(32-20)29-10-9-15-5-1-2-7-17(15)12-29/h1-8,14H,9-13H2,(H,25,30). The highest BCUT2D eigenvalue weighted by atomic mass is 35.5. The molecule has 5 rings (SSSR count). The van der Waals surface area contributed by atoms with E-state index in [0.29, 0.717) is 17.2 Å². The van der Waals surface area contributed by atoms with Crippen molar-refractivity contribution in [3.63, 3.8) is 0 Å². The van der Waals surface area contributed by atoms with E-state index in [2.05, 4.69) is 44.5 Å². The van der Waals surface area contributed by atoms with Gasteiger partial charge in [-0.25, -0.2) is 9.97 Å². The van der Waals surface area contributed by atoms with Crippen molar-refractivity contribution in [1.82, 2.24) is 20.3 Å². The molecule has 1 amide bonds. The molecule has 6 nitrogen and oxygen atoms in total. The minimum Gasteiger partial charge on any atom is -0.351 e. The molecule has 0 spiro atoms. The number of hydrogen-bond donors (Lipinski definition) is 1. The van der Waals surface area contributed by atoms with E-state index in [-0.39, 0.29) is 11.7 Å². The Labute approximate surface area is 199 Å². The minimum absolute atomic E-state index is 0.0703. The summed E-state index contributed by atoms with van der Waals surface area (Å²) in [4.78, 5) is 28.2. The zero-order valence-corrected chi connectivity index (χ0v) is 19.5. The van der Waals surface area contributed by atoms with Crippen LogP contribution in [0, 0.1) is 0 Å². The third-order valence-electron chi connectivity index (χ3n) is 5.32. The number of nitrogens with one attached hydrogen (secondary N) is 1. The molecule has 0 fully saturated rings. The molecule has 3 heterocycles. The lowest BCUT2D eigenvalue weighted by atomic mass is 10.0. The molecule has 0 radical (unpaired) electrons. The van der Waals surface area contributed by atoms with E-state index in [4.69, 9.17) is 16.6 Å². The Balaban J connectivity index is 1.26. The molecule has 1 aliphatic rings. The number of amides is 1. The Kier molecular flexibility index (Phi) is 6.25. The first-order chi connectivity index (χ1) is 15.7. The summed E-state index contributed by atoms with van der Waals surface area (Å²) in [6, 6.07) is 16.0. The van der Waals surface area contributed by atoms with Crippen molar-refractivity contribution in [2.45, 2.75) is 24.5 Å². The van der Waals surface area contributed by atoms with Crippen molar-refractivity contribution in [1.29, 1.82) is 0 Å². The summed E-state index contributed by atoms with van der Waals surface area (Å²) in [6.45, 7) is 2.17. The number of rotatable bonds is 6. The summed E-state index contributed by atoms with van der Waals surface area (Å²) in [6.07, 6.45) is 2.52. The first kappa shape index (κ1) is 21.2. The third kappa shape index (κ3) is 4.57. The molecular formula is C23H20ClN5OS2. The van der Waals surface area contributed by atoms with Gasteiger partial charge in [0.15, 0.2) is 10.8 Å². The van der Waals surface area contributed by atoms with Gasteiger partial charge in [0.1, 0.15) is 16.1 Å². The largest absolute Gasteiger partial charge is 0.351 e. The van der Waals surface area contributed by atoms with Gasteiger partial charge in [-0.2, -0.15) is 4.98 Å². The van der Waals surface area contributed by atoms with E-state index in [1.54, 1.807) is 11.3 Å². The van der Waals surface area contributed by atoms with E-state index >= 15 is 0 Å². The zero-order chi connectivity index (χ0) is 21.9. The number of thiazole rings is 1. The van der Waals surface area contributed by atoms with Gasteiger partial charge in [-0.3, -0.25) is 4.79 Å². The highest BCUT2D eigenvalue weighted by Gasteiger charge is 2.21. The molecule has 0 saturated carbocycles. The quantitative estimate of drug-likeness (QED) is 0.317. The number of carbonyl (C=O) groups is 1. The van der Waals surface area contributed by atoms with Crippen LogP contribution in [0.15, 0.2) is 59.9 Å². The predicted molar refractivity (Wildman–Crippen MR) is 130 cm³/mol. The normalized spacial score (nSPS) is 13.2. The van der Waals surface area contributed by atoms with E-state index in [1.165, 1.54) is 29.2 Å². The molecule has 0 bridgehead atoms. The van der Waals surface area contributed by atoms with Gasteiger partial charge in [-0.15, -0.1) is 0 Å². The topological polar surface area (TPSA) is 71.0 Å². The maximum absolute atomic E-state index is 12.4. The van der Waals surface area contributed by atoms with E-state index in [1.807, 2.05) is 24.3 Å². The average molecular weight is 482 g/mol. The molecule has 1 aliphatic heterocycles. The summed E-state index contributed by atoms with van der Waals surface area (Å²) in [7, 11) is 0. The Bertz CT molecular complexity index is 1280. The maximum Gasteiger partial charge on any atom is 0.230 e. The number of hydrogen-bond acceptors (Lipinski definition) is 7. The molecule has 2 aromatic heterocycles. The van der Waals surface area contributed by atoms with Crippen molar-refractivity contribution >= 4 is 56.1 Å². The van der Waals surface area contributed by atoms with E-state index in [9.17, 15) is 4.79 Å². The van der Waals surface area contributed by atoms with Crippen LogP contribution in [0.3, 0.4) is 0 Å². The van der Waals surface area contributed by atoms with Crippen LogP contribution in [0.4, 0.5) is 5.13 Å². The maximum atomic E-state index is 12.4. The number of aromatic nitrogens is 3. The van der Waals surface area contributed by atoms with Crippen molar-refractivity contribution in [3.8, 4) is 0 Å². The van der Waals surface area contributed by atoms with Crippen molar-refractivity contribution in [2.24, 2.45) is 0 Å². The summed E-state index contributed by atoms with van der Waals surface area (Å²) in [5, 5.41) is 5.29. The summed E-state index contributed by atoms with van der Waals surface area (Å²) >= 11 is 9.15. The number of fused-ring (bicyclic) bond motifs is 2. The number of benzene rings is 2. The lowest BCUT2D eigenvalue weighted by molar-refractivity contribution is -0.118. The number of halogens is 1. The van der Waals surface area contributed by atoms with Gasteiger partial charge in [0.05, 0.1) is 5.75 Å². The molecule has 0 saturated heterocycles. The Morgan fingerprint density at radius 2 is 1.94 bits per heavy atom. The molecule has 2 aromatic carbocycles. The van der Waals surface area contributed by atoms with Gasteiger partial charge >= 0.3 is 0 Å². The van der Waals surface area contributed by atoms with Crippen molar-refractivity contribution < 1.29 is 4.79 Å².